The van der Waals surface area contributed by atoms with E-state index in [0.717, 1.165) is 12.1 Å². The molecule has 0 amide bonds. The molecule has 1 aromatic rings. The summed E-state index contributed by atoms with van der Waals surface area (Å²) in [5.41, 5.74) is -0.483. The van der Waals surface area contributed by atoms with E-state index in [1.165, 1.54) is 6.92 Å². The summed E-state index contributed by atoms with van der Waals surface area (Å²) in [4.78, 5) is 10.5. The van der Waals surface area contributed by atoms with Crippen LogP contribution in [0.25, 0.3) is 0 Å². The minimum atomic E-state index is -4.40. The number of aromatic carboxylic acids is 1. The van der Waals surface area contributed by atoms with Crippen molar-refractivity contribution in [1.82, 2.24) is 4.72 Å². The van der Waals surface area contributed by atoms with Crippen molar-refractivity contribution in [3.63, 3.8) is 0 Å². The highest BCUT2D eigenvalue weighted by molar-refractivity contribution is 7.89. The van der Waals surface area contributed by atoms with Crippen LogP contribution >= 0.6 is 11.6 Å². The molecule has 21 heavy (non-hydrogen) atoms. The van der Waals surface area contributed by atoms with E-state index < -0.39 is 40.0 Å². The third kappa shape index (κ3) is 4.34. The van der Waals surface area contributed by atoms with Crippen molar-refractivity contribution in [2.75, 3.05) is 13.2 Å². The summed E-state index contributed by atoms with van der Waals surface area (Å²) in [6, 6.07) is 2.02. The number of carboxylic acid groups (broad SMARTS) is 1. The van der Waals surface area contributed by atoms with Gasteiger partial charge in [-0.1, -0.05) is 11.6 Å². The number of benzene rings is 1. The maximum absolute atomic E-state index is 12.9. The zero-order valence-electron chi connectivity index (χ0n) is 10.7. The van der Waals surface area contributed by atoms with Crippen LogP contribution in [-0.2, 0) is 10.0 Å². The fourth-order valence-electron chi connectivity index (χ4n) is 1.49. The number of aliphatic hydroxyl groups excluding tert-OH is 1. The Labute approximate surface area is 124 Å². The molecule has 1 aromatic carbocycles. The van der Waals surface area contributed by atoms with Crippen molar-refractivity contribution < 1.29 is 32.2 Å². The van der Waals surface area contributed by atoms with Gasteiger partial charge in [0.25, 0.3) is 5.92 Å². The summed E-state index contributed by atoms with van der Waals surface area (Å²) in [5, 5.41) is 17.2. The monoisotopic (exact) mass is 343 g/mol. The molecular formula is C11H12ClF2NO5S. The smallest absolute Gasteiger partial charge is 0.336 e. The second-order valence-electron chi connectivity index (χ2n) is 4.22. The van der Waals surface area contributed by atoms with Gasteiger partial charge < -0.3 is 10.2 Å². The first kappa shape index (κ1) is 17.8. The SMILES string of the molecule is Cc1c(C(=O)O)cc(Cl)cc1S(=O)(=O)NCC(F)(F)CO. The summed E-state index contributed by atoms with van der Waals surface area (Å²) in [5.74, 6) is -5.03. The van der Waals surface area contributed by atoms with Gasteiger partial charge in [0, 0.05) is 5.02 Å². The number of alkyl halides is 2. The molecule has 0 spiro atoms. The highest BCUT2D eigenvalue weighted by atomic mass is 35.5. The van der Waals surface area contributed by atoms with Crippen LogP contribution in [0.1, 0.15) is 15.9 Å². The van der Waals surface area contributed by atoms with E-state index in [-0.39, 0.29) is 16.1 Å². The largest absolute Gasteiger partial charge is 0.478 e. The normalized spacial score (nSPS) is 12.4. The van der Waals surface area contributed by atoms with E-state index in [2.05, 4.69) is 0 Å². The molecule has 0 aliphatic carbocycles. The number of aliphatic hydroxyl groups is 1. The average Bonchev–Trinajstić information content (AvgIpc) is 2.38. The number of carboxylic acids is 1. The van der Waals surface area contributed by atoms with Crippen LogP contribution in [0.5, 0.6) is 0 Å². The fourth-order valence-corrected chi connectivity index (χ4v) is 3.12. The third-order valence-corrected chi connectivity index (χ3v) is 4.34. The van der Waals surface area contributed by atoms with Gasteiger partial charge >= 0.3 is 5.97 Å². The summed E-state index contributed by atoms with van der Waals surface area (Å²) in [7, 11) is -4.40. The second-order valence-corrected chi connectivity index (χ2v) is 6.39. The third-order valence-electron chi connectivity index (χ3n) is 2.60. The standard InChI is InChI=1S/C11H12ClF2NO5S/c1-6-8(10(17)18)2-7(12)3-9(6)21(19,20)15-4-11(13,14)5-16/h2-3,15-16H,4-5H2,1H3,(H,17,18). The minimum Gasteiger partial charge on any atom is -0.478 e. The topological polar surface area (TPSA) is 104 Å². The molecule has 10 heteroatoms. The highest BCUT2D eigenvalue weighted by Gasteiger charge is 2.31. The first-order chi connectivity index (χ1) is 9.50. The zero-order valence-corrected chi connectivity index (χ0v) is 12.3. The number of rotatable bonds is 6. The van der Waals surface area contributed by atoms with E-state index in [9.17, 15) is 22.0 Å². The van der Waals surface area contributed by atoms with Crippen molar-refractivity contribution in [2.24, 2.45) is 0 Å². The molecule has 0 aliphatic rings. The predicted octanol–water partition coefficient (Wildman–Crippen LogP) is 1.25. The number of nitrogens with one attached hydrogen (secondary N) is 1. The van der Waals surface area contributed by atoms with Crippen LogP contribution in [0, 0.1) is 6.92 Å². The lowest BCUT2D eigenvalue weighted by Gasteiger charge is -2.16. The molecule has 0 aromatic heterocycles. The molecule has 118 valence electrons. The fraction of sp³-hybridized carbons (Fsp3) is 0.364. The molecule has 0 saturated heterocycles. The molecule has 0 saturated carbocycles. The van der Waals surface area contributed by atoms with Crippen molar-refractivity contribution in [3.8, 4) is 0 Å². The first-order valence-electron chi connectivity index (χ1n) is 5.52. The number of hydrogen-bond donors (Lipinski definition) is 3. The Bertz CT molecular complexity index is 663. The van der Waals surface area contributed by atoms with Gasteiger partial charge in [-0.05, 0) is 24.6 Å². The number of hydrogen-bond acceptors (Lipinski definition) is 4. The molecule has 6 nitrogen and oxygen atoms in total. The Hall–Kier alpha value is -1.29. The number of halogens is 3. The summed E-state index contributed by atoms with van der Waals surface area (Å²) < 4.78 is 51.3. The Morgan fingerprint density at radius 3 is 2.48 bits per heavy atom. The predicted molar refractivity (Wildman–Crippen MR) is 70.4 cm³/mol. The maximum Gasteiger partial charge on any atom is 0.336 e. The van der Waals surface area contributed by atoms with Gasteiger partial charge in [0.15, 0.2) is 0 Å². The molecule has 0 unspecified atom stereocenters. The molecule has 0 bridgehead atoms. The summed E-state index contributed by atoms with van der Waals surface area (Å²) in [6.07, 6.45) is 0. The Balaban J connectivity index is 3.23. The number of carbonyl (C=O) groups is 1. The van der Waals surface area contributed by atoms with E-state index in [1.54, 1.807) is 4.72 Å². The van der Waals surface area contributed by atoms with E-state index in [1.807, 2.05) is 0 Å². The van der Waals surface area contributed by atoms with E-state index >= 15 is 0 Å². The van der Waals surface area contributed by atoms with Crippen molar-refractivity contribution in [2.45, 2.75) is 17.7 Å². The van der Waals surface area contributed by atoms with Crippen molar-refractivity contribution in [3.05, 3.63) is 28.3 Å². The van der Waals surface area contributed by atoms with Gasteiger partial charge in [-0.2, -0.15) is 0 Å². The van der Waals surface area contributed by atoms with Crippen LogP contribution in [-0.4, -0.2) is 43.7 Å². The molecule has 0 radical (unpaired) electrons. The molecule has 1 rings (SSSR count). The molecular weight excluding hydrogens is 332 g/mol. The molecule has 0 fully saturated rings. The Kier molecular flexibility index (Phi) is 5.26. The van der Waals surface area contributed by atoms with E-state index in [4.69, 9.17) is 21.8 Å². The van der Waals surface area contributed by atoms with Gasteiger partial charge in [0.05, 0.1) is 17.0 Å². The van der Waals surface area contributed by atoms with Gasteiger partial charge in [-0.15, -0.1) is 0 Å². The van der Waals surface area contributed by atoms with Crippen LogP contribution in [0.15, 0.2) is 17.0 Å². The lowest BCUT2D eigenvalue weighted by molar-refractivity contribution is -0.0437. The Morgan fingerprint density at radius 2 is 2.00 bits per heavy atom. The summed E-state index contributed by atoms with van der Waals surface area (Å²) in [6.45, 7) is -1.62. The second kappa shape index (κ2) is 6.22. The van der Waals surface area contributed by atoms with Crippen LogP contribution < -0.4 is 4.72 Å². The van der Waals surface area contributed by atoms with Crippen LogP contribution in [0.3, 0.4) is 0 Å². The van der Waals surface area contributed by atoms with Crippen LogP contribution in [0.2, 0.25) is 5.02 Å². The molecule has 0 atom stereocenters. The minimum absolute atomic E-state index is 0.133. The first-order valence-corrected chi connectivity index (χ1v) is 7.38. The lowest BCUT2D eigenvalue weighted by atomic mass is 10.1. The zero-order chi connectivity index (χ0) is 16.4. The van der Waals surface area contributed by atoms with Gasteiger partial charge in [0.1, 0.15) is 6.61 Å². The van der Waals surface area contributed by atoms with Gasteiger partial charge in [0.2, 0.25) is 10.0 Å². The quantitative estimate of drug-likeness (QED) is 0.721. The van der Waals surface area contributed by atoms with E-state index in [0.29, 0.717) is 0 Å². The average molecular weight is 344 g/mol. The van der Waals surface area contributed by atoms with Crippen LogP contribution in [0.4, 0.5) is 8.78 Å². The maximum atomic E-state index is 12.9. The van der Waals surface area contributed by atoms with Crippen molar-refractivity contribution in [1.29, 1.82) is 0 Å². The summed E-state index contributed by atoms with van der Waals surface area (Å²) >= 11 is 5.65. The molecule has 0 aliphatic heterocycles. The Morgan fingerprint density at radius 1 is 1.43 bits per heavy atom. The van der Waals surface area contributed by atoms with Crippen molar-refractivity contribution >= 4 is 27.6 Å². The number of sulfonamides is 1. The highest BCUT2D eigenvalue weighted by Crippen LogP contribution is 2.25. The molecule has 3 N–H and O–H groups in total. The van der Waals surface area contributed by atoms with Gasteiger partial charge in [-0.3, -0.25) is 0 Å². The lowest BCUT2D eigenvalue weighted by Crippen LogP contribution is -2.39. The van der Waals surface area contributed by atoms with Gasteiger partial charge in [-0.25, -0.2) is 26.7 Å². The molecule has 0 heterocycles.